The number of rotatable bonds is 8. The number of hydrogen-bond acceptors (Lipinski definition) is 4. The number of aromatic hydroxyl groups is 1. The van der Waals surface area contributed by atoms with Crippen LogP contribution >= 0.6 is 11.6 Å². The molecule has 2 N–H and O–H groups in total. The first-order valence-electron chi connectivity index (χ1n) is 11.7. The van der Waals surface area contributed by atoms with Gasteiger partial charge in [0.25, 0.3) is 0 Å². The highest BCUT2D eigenvalue weighted by Gasteiger charge is 2.27. The average molecular weight is 478 g/mol. The maximum absolute atomic E-state index is 13.3. The van der Waals surface area contributed by atoms with Crippen LogP contribution in [0.25, 0.3) is 0 Å². The van der Waals surface area contributed by atoms with Crippen LogP contribution in [-0.4, -0.2) is 22.5 Å². The zero-order valence-electron chi connectivity index (χ0n) is 20.0. The van der Waals surface area contributed by atoms with Crippen molar-refractivity contribution >= 4 is 23.2 Å². The summed E-state index contributed by atoms with van der Waals surface area (Å²) in [4.78, 5) is 19.1. The van der Waals surface area contributed by atoms with E-state index in [0.29, 0.717) is 29.7 Å². The molecule has 0 spiro atoms. The third-order valence-electron chi connectivity index (χ3n) is 6.13. The van der Waals surface area contributed by atoms with Crippen LogP contribution in [0.3, 0.4) is 0 Å². The number of carbonyl (C=O) groups is 1. The van der Waals surface area contributed by atoms with Crippen molar-refractivity contribution in [1.82, 2.24) is 10.3 Å². The lowest BCUT2D eigenvalue weighted by atomic mass is 9.84. The molecule has 0 saturated heterocycles. The van der Waals surface area contributed by atoms with E-state index in [9.17, 15) is 9.90 Å². The second kappa shape index (κ2) is 10.2. The Morgan fingerprint density at radius 1 is 1.09 bits per heavy atom. The minimum atomic E-state index is -0.0669. The molecule has 1 aromatic heterocycles. The van der Waals surface area contributed by atoms with Crippen molar-refractivity contribution < 1.29 is 9.90 Å². The second-order valence-electron chi connectivity index (χ2n) is 10.1. The molecule has 6 heteroatoms. The minimum Gasteiger partial charge on any atom is -0.493 e. The van der Waals surface area contributed by atoms with Gasteiger partial charge >= 0.3 is 0 Å². The predicted molar refractivity (Wildman–Crippen MR) is 137 cm³/mol. The highest BCUT2D eigenvalue weighted by Crippen LogP contribution is 2.42. The lowest BCUT2D eigenvalue weighted by Gasteiger charge is -2.26. The number of anilines is 1. The van der Waals surface area contributed by atoms with Gasteiger partial charge in [0.2, 0.25) is 11.8 Å². The largest absolute Gasteiger partial charge is 0.493 e. The summed E-state index contributed by atoms with van der Waals surface area (Å²) in [6, 6.07) is 17.6. The lowest BCUT2D eigenvalue weighted by Crippen LogP contribution is -2.38. The molecule has 34 heavy (non-hydrogen) atoms. The van der Waals surface area contributed by atoms with Gasteiger partial charge in [0.15, 0.2) is 0 Å². The zero-order valence-corrected chi connectivity index (χ0v) is 20.8. The molecule has 1 aliphatic carbocycles. The summed E-state index contributed by atoms with van der Waals surface area (Å²) in [7, 11) is 0. The standard InChI is InChI=1S/C28H32ClN3O2/c1-28(2,3)23-13-20(12-22(14-23)21-6-7-21)18-32(25-10-11-26(33)31-16-25)27(34)17-30-15-19-4-8-24(29)9-5-19/h4-5,8-14,16,21,30H,6-7,15,17-18H2,1-3H3,(H,31,33). The number of nitrogens with zero attached hydrogens (tertiary/aromatic N) is 2. The maximum Gasteiger partial charge on any atom is 0.241 e. The fraction of sp³-hybridized carbons (Fsp3) is 0.357. The number of amides is 1. The van der Waals surface area contributed by atoms with E-state index in [1.807, 2.05) is 24.3 Å². The average Bonchev–Trinajstić information content (AvgIpc) is 3.64. The van der Waals surface area contributed by atoms with Crippen LogP contribution in [0, 0.1) is 0 Å². The van der Waals surface area contributed by atoms with Crippen molar-refractivity contribution in [2.75, 3.05) is 11.4 Å². The SMILES string of the molecule is CC(C)(C)c1cc(CN(C(=O)CNCc2ccc(Cl)cc2)c2ccc(O)nc2)cc(C2CC2)c1. The van der Waals surface area contributed by atoms with E-state index in [1.54, 1.807) is 17.2 Å². The van der Waals surface area contributed by atoms with Gasteiger partial charge in [-0.1, -0.05) is 62.7 Å². The Hall–Kier alpha value is -2.89. The van der Waals surface area contributed by atoms with E-state index in [1.165, 1.54) is 30.0 Å². The quantitative estimate of drug-likeness (QED) is 0.421. The summed E-state index contributed by atoms with van der Waals surface area (Å²) in [6.45, 7) is 7.84. The Kier molecular flexibility index (Phi) is 7.24. The third kappa shape index (κ3) is 6.37. The smallest absolute Gasteiger partial charge is 0.241 e. The van der Waals surface area contributed by atoms with Gasteiger partial charge in [-0.3, -0.25) is 4.79 Å². The number of aromatic nitrogens is 1. The fourth-order valence-electron chi connectivity index (χ4n) is 3.95. The first kappa shape index (κ1) is 24.2. The highest BCUT2D eigenvalue weighted by molar-refractivity contribution is 6.30. The van der Waals surface area contributed by atoms with Gasteiger partial charge in [-0.25, -0.2) is 4.98 Å². The molecule has 0 radical (unpaired) electrons. The van der Waals surface area contributed by atoms with E-state index in [0.717, 1.165) is 11.1 Å². The molecule has 1 aliphatic rings. The van der Waals surface area contributed by atoms with E-state index in [2.05, 4.69) is 49.3 Å². The van der Waals surface area contributed by atoms with Crippen molar-refractivity contribution in [2.45, 2.75) is 58.0 Å². The Morgan fingerprint density at radius 2 is 1.82 bits per heavy atom. The molecule has 2 aromatic carbocycles. The van der Waals surface area contributed by atoms with Crippen LogP contribution in [0.2, 0.25) is 5.02 Å². The van der Waals surface area contributed by atoms with Gasteiger partial charge in [0.05, 0.1) is 25.0 Å². The molecule has 1 saturated carbocycles. The molecule has 0 atom stereocenters. The van der Waals surface area contributed by atoms with Gasteiger partial charge in [-0.15, -0.1) is 0 Å². The number of hydrogen-bond donors (Lipinski definition) is 2. The maximum atomic E-state index is 13.3. The number of carbonyl (C=O) groups excluding carboxylic acids is 1. The van der Waals surface area contributed by atoms with Gasteiger partial charge in [0, 0.05) is 17.6 Å². The first-order chi connectivity index (χ1) is 16.2. The molecule has 178 valence electrons. The Bertz CT molecular complexity index is 1130. The summed E-state index contributed by atoms with van der Waals surface area (Å²) < 4.78 is 0. The molecule has 4 rings (SSSR count). The molecule has 1 amide bonds. The van der Waals surface area contributed by atoms with Gasteiger partial charge in [0.1, 0.15) is 0 Å². The van der Waals surface area contributed by atoms with Crippen LogP contribution in [0.15, 0.2) is 60.8 Å². The minimum absolute atomic E-state index is 0.0225. The normalized spacial score (nSPS) is 13.6. The summed E-state index contributed by atoms with van der Waals surface area (Å²) in [5, 5.41) is 13.6. The van der Waals surface area contributed by atoms with Crippen LogP contribution in [0.5, 0.6) is 5.88 Å². The number of nitrogens with one attached hydrogen (secondary N) is 1. The fourth-order valence-corrected chi connectivity index (χ4v) is 4.08. The van der Waals surface area contributed by atoms with Crippen LogP contribution < -0.4 is 10.2 Å². The summed E-state index contributed by atoms with van der Waals surface area (Å²) in [5.74, 6) is 0.500. The lowest BCUT2D eigenvalue weighted by molar-refractivity contribution is -0.118. The van der Waals surface area contributed by atoms with Crippen molar-refractivity contribution in [3.8, 4) is 5.88 Å². The summed E-state index contributed by atoms with van der Waals surface area (Å²) >= 11 is 5.96. The second-order valence-corrected chi connectivity index (χ2v) is 10.5. The molecular weight excluding hydrogens is 446 g/mol. The van der Waals surface area contributed by atoms with Crippen LogP contribution in [-0.2, 0) is 23.3 Å². The zero-order chi connectivity index (χ0) is 24.3. The van der Waals surface area contributed by atoms with Crippen molar-refractivity contribution in [2.24, 2.45) is 0 Å². The first-order valence-corrected chi connectivity index (χ1v) is 12.1. The Labute approximate surface area is 206 Å². The molecule has 0 aliphatic heterocycles. The van der Waals surface area contributed by atoms with E-state index in [4.69, 9.17) is 11.6 Å². The van der Waals surface area contributed by atoms with E-state index >= 15 is 0 Å². The van der Waals surface area contributed by atoms with Crippen molar-refractivity contribution in [1.29, 1.82) is 0 Å². The number of benzene rings is 2. The van der Waals surface area contributed by atoms with Crippen LogP contribution in [0.4, 0.5) is 5.69 Å². The van der Waals surface area contributed by atoms with Gasteiger partial charge < -0.3 is 15.3 Å². The van der Waals surface area contributed by atoms with Crippen LogP contribution in [0.1, 0.15) is 61.8 Å². The summed E-state index contributed by atoms with van der Waals surface area (Å²) in [5.41, 5.74) is 5.48. The number of halogens is 1. The monoisotopic (exact) mass is 477 g/mol. The van der Waals surface area contributed by atoms with E-state index in [-0.39, 0.29) is 23.7 Å². The Balaban J connectivity index is 1.55. The van der Waals surface area contributed by atoms with Crippen molar-refractivity contribution in [3.63, 3.8) is 0 Å². The predicted octanol–water partition coefficient (Wildman–Crippen LogP) is 5.94. The van der Waals surface area contributed by atoms with Gasteiger partial charge in [-0.2, -0.15) is 0 Å². The topological polar surface area (TPSA) is 65.5 Å². The molecule has 3 aromatic rings. The highest BCUT2D eigenvalue weighted by atomic mass is 35.5. The molecule has 0 bridgehead atoms. The number of pyridine rings is 1. The van der Waals surface area contributed by atoms with Crippen molar-refractivity contribution in [3.05, 3.63) is 88.1 Å². The molecule has 0 unspecified atom stereocenters. The van der Waals surface area contributed by atoms with Gasteiger partial charge in [-0.05, 0) is 64.6 Å². The molecular formula is C28H32ClN3O2. The van der Waals surface area contributed by atoms with E-state index < -0.39 is 0 Å². The summed E-state index contributed by atoms with van der Waals surface area (Å²) in [6.07, 6.45) is 4.00. The third-order valence-corrected chi connectivity index (χ3v) is 6.39. The molecule has 1 heterocycles. The Morgan fingerprint density at radius 3 is 2.44 bits per heavy atom. The molecule has 1 fully saturated rings. The molecule has 5 nitrogen and oxygen atoms in total.